The molecule has 5 aromatic carbocycles. The molecule has 0 bridgehead atoms. The molecule has 4 amide bonds. The monoisotopic (exact) mass is 587 g/mol. The van der Waals surface area contributed by atoms with Gasteiger partial charge >= 0.3 is 0 Å². The van der Waals surface area contributed by atoms with E-state index in [2.05, 4.69) is 20.8 Å². The summed E-state index contributed by atoms with van der Waals surface area (Å²) in [6, 6.07) is 14.7. The Balaban J connectivity index is 1.33. The zero-order valence-corrected chi connectivity index (χ0v) is 25.0. The molecule has 3 N–H and O–H groups in total. The van der Waals surface area contributed by atoms with E-state index in [1.807, 2.05) is 36.4 Å². The average molecular weight is 588 g/mol. The number of carbonyl (C=O) groups is 4. The van der Waals surface area contributed by atoms with Crippen LogP contribution in [0, 0.1) is 10.8 Å². The summed E-state index contributed by atoms with van der Waals surface area (Å²) >= 11 is 0. The third-order valence-electron chi connectivity index (χ3n) is 10.1. The Labute approximate surface area is 253 Å². The molecule has 0 spiro atoms. The van der Waals surface area contributed by atoms with Crippen molar-refractivity contribution >= 4 is 66.7 Å². The van der Waals surface area contributed by atoms with Gasteiger partial charge in [-0.3, -0.25) is 29.0 Å². The largest absolute Gasteiger partial charge is 0.395 e. The molecule has 44 heavy (non-hydrogen) atoms. The van der Waals surface area contributed by atoms with Gasteiger partial charge in [-0.2, -0.15) is 0 Å². The van der Waals surface area contributed by atoms with Crippen LogP contribution < -0.4 is 5.73 Å². The molecule has 1 fully saturated rings. The summed E-state index contributed by atoms with van der Waals surface area (Å²) < 4.78 is 0. The van der Waals surface area contributed by atoms with Crippen molar-refractivity contribution in [2.45, 2.75) is 46.1 Å². The number of benzene rings is 5. The van der Waals surface area contributed by atoms with Crippen LogP contribution in [0.5, 0.6) is 0 Å². The minimum atomic E-state index is -0.427. The number of amides is 4. The molecule has 2 atom stereocenters. The van der Waals surface area contributed by atoms with Gasteiger partial charge in [0.25, 0.3) is 23.6 Å². The maximum absolute atomic E-state index is 14.1. The summed E-state index contributed by atoms with van der Waals surface area (Å²) in [5, 5.41) is 15.8. The van der Waals surface area contributed by atoms with Crippen LogP contribution in [-0.2, 0) is 0 Å². The second kappa shape index (κ2) is 8.83. The number of nitrogens with zero attached hydrogens (tertiary/aromatic N) is 2. The Bertz CT molecular complexity index is 2030. The number of aliphatic hydroxyl groups excluding tert-OH is 1. The lowest BCUT2D eigenvalue weighted by Gasteiger charge is -2.47. The van der Waals surface area contributed by atoms with E-state index in [4.69, 9.17) is 5.73 Å². The van der Waals surface area contributed by atoms with Crippen molar-refractivity contribution in [3.63, 3.8) is 0 Å². The Hall–Kier alpha value is -4.40. The predicted molar refractivity (Wildman–Crippen MR) is 169 cm³/mol. The molecule has 2 heterocycles. The van der Waals surface area contributed by atoms with Gasteiger partial charge in [-0.1, -0.05) is 45.0 Å². The topological polar surface area (TPSA) is 121 Å². The average Bonchev–Trinajstić information content (AvgIpc) is 2.97. The summed E-state index contributed by atoms with van der Waals surface area (Å²) in [6.45, 7) is 6.47. The molecule has 0 aromatic heterocycles. The minimum absolute atomic E-state index is 0.0184. The van der Waals surface area contributed by atoms with Crippen LogP contribution >= 0.6 is 0 Å². The summed E-state index contributed by atoms with van der Waals surface area (Å²) in [5.41, 5.74) is 8.03. The first-order valence-corrected chi connectivity index (χ1v) is 15.2. The van der Waals surface area contributed by atoms with Crippen molar-refractivity contribution in [1.29, 1.82) is 0 Å². The zero-order chi connectivity index (χ0) is 30.9. The normalized spacial score (nSPS) is 23.2. The van der Waals surface area contributed by atoms with Crippen LogP contribution in [0.3, 0.4) is 0 Å². The number of carbonyl (C=O) groups excluding carboxylic acids is 4. The maximum atomic E-state index is 14.1. The smallest absolute Gasteiger partial charge is 0.261 e. The van der Waals surface area contributed by atoms with E-state index >= 15 is 0 Å². The molecule has 1 saturated carbocycles. The molecule has 3 aliphatic rings. The number of rotatable bonds is 4. The van der Waals surface area contributed by atoms with Gasteiger partial charge in [0.05, 0.1) is 13.2 Å². The lowest BCUT2D eigenvalue weighted by atomic mass is 9.62. The summed E-state index contributed by atoms with van der Waals surface area (Å²) in [6.07, 6.45) is 2.54. The van der Waals surface area contributed by atoms with E-state index in [-0.39, 0.29) is 41.8 Å². The molecular weight excluding hydrogens is 554 g/mol. The number of β-amino-alcohol motifs (C(OH)–C–C–N with tert-alkyl or cyclic N) is 1. The number of imide groups is 2. The number of hydrogen-bond donors (Lipinski definition) is 2. The maximum Gasteiger partial charge on any atom is 0.261 e. The highest BCUT2D eigenvalue weighted by molar-refractivity contribution is 6.41. The lowest BCUT2D eigenvalue weighted by molar-refractivity contribution is 0.0323. The van der Waals surface area contributed by atoms with Crippen LogP contribution in [-0.4, -0.2) is 64.3 Å². The molecule has 222 valence electrons. The van der Waals surface area contributed by atoms with E-state index in [0.29, 0.717) is 39.6 Å². The van der Waals surface area contributed by atoms with Crippen LogP contribution in [0.2, 0.25) is 0 Å². The van der Waals surface area contributed by atoms with E-state index in [1.54, 1.807) is 12.1 Å². The number of aliphatic hydroxyl groups is 1. The molecule has 2 aliphatic heterocycles. The third kappa shape index (κ3) is 3.52. The van der Waals surface area contributed by atoms with Gasteiger partial charge < -0.3 is 10.8 Å². The fourth-order valence-electron chi connectivity index (χ4n) is 9.03. The van der Waals surface area contributed by atoms with Gasteiger partial charge in [-0.25, -0.2) is 0 Å². The summed E-state index contributed by atoms with van der Waals surface area (Å²) in [4.78, 5) is 57.4. The molecule has 2 unspecified atom stereocenters. The van der Waals surface area contributed by atoms with Crippen molar-refractivity contribution in [2.24, 2.45) is 16.6 Å². The number of fused-ring (bicyclic) bond motifs is 2. The van der Waals surface area contributed by atoms with Crippen LogP contribution in [0.1, 0.15) is 81.5 Å². The SMILES string of the molecule is CC1(C)CC(N)CC(C)(CN2C(=O)c3ccc4c5ccc6c7c(ccc(c8ccc(c3c48)C2=O)c75)C(=O)N(CCO)C6=O)C1. The standard InChI is InChI=1S/C36H33N3O5/c1-35(2)14-18(37)15-36(3,16-35)17-39-33(43)25-10-6-21-19-4-8-23-29-24(32(42)38(12-13-40)31(23)41)9-5-20(27(19)29)22-7-11-26(34(39)44)30(25)28(21)22/h4-11,18,40H,12-17,37H2,1-3H3. The highest BCUT2D eigenvalue weighted by Crippen LogP contribution is 2.49. The van der Waals surface area contributed by atoms with Crippen molar-refractivity contribution in [3.8, 4) is 0 Å². The summed E-state index contributed by atoms with van der Waals surface area (Å²) in [7, 11) is 0. The number of nitrogens with two attached hydrogens (primary N) is 1. The molecule has 0 radical (unpaired) electrons. The Morgan fingerprint density at radius 2 is 1.07 bits per heavy atom. The Morgan fingerprint density at radius 3 is 1.45 bits per heavy atom. The Morgan fingerprint density at radius 1 is 0.659 bits per heavy atom. The predicted octanol–water partition coefficient (Wildman–Crippen LogP) is 5.47. The van der Waals surface area contributed by atoms with Crippen LogP contribution in [0.15, 0.2) is 48.5 Å². The fourth-order valence-corrected chi connectivity index (χ4v) is 9.03. The van der Waals surface area contributed by atoms with E-state index in [1.165, 1.54) is 4.90 Å². The molecule has 5 aromatic rings. The second-order valence-electron chi connectivity index (χ2n) is 14.1. The first kappa shape index (κ1) is 27.2. The van der Waals surface area contributed by atoms with Gasteiger partial charge in [0.1, 0.15) is 0 Å². The zero-order valence-electron chi connectivity index (χ0n) is 25.0. The molecule has 0 saturated heterocycles. The Kier molecular flexibility index (Phi) is 5.45. The lowest BCUT2D eigenvalue weighted by Crippen LogP contribution is -2.51. The highest BCUT2D eigenvalue weighted by atomic mass is 16.3. The van der Waals surface area contributed by atoms with Gasteiger partial charge in [-0.05, 0) is 86.7 Å². The van der Waals surface area contributed by atoms with Gasteiger partial charge in [0, 0.05) is 45.6 Å². The summed E-state index contributed by atoms with van der Waals surface area (Å²) in [5.74, 6) is -1.44. The second-order valence-corrected chi connectivity index (χ2v) is 14.1. The van der Waals surface area contributed by atoms with Crippen LogP contribution in [0.4, 0.5) is 0 Å². The van der Waals surface area contributed by atoms with Crippen molar-refractivity contribution in [1.82, 2.24) is 9.80 Å². The van der Waals surface area contributed by atoms with Crippen molar-refractivity contribution < 1.29 is 24.3 Å². The number of hydrogen-bond acceptors (Lipinski definition) is 6. The van der Waals surface area contributed by atoms with Crippen LogP contribution in [0.25, 0.3) is 43.1 Å². The first-order chi connectivity index (χ1) is 20.9. The van der Waals surface area contributed by atoms with E-state index in [9.17, 15) is 24.3 Å². The molecule has 1 aliphatic carbocycles. The third-order valence-corrected chi connectivity index (χ3v) is 10.1. The molecular formula is C36H33N3O5. The molecule has 8 nitrogen and oxygen atoms in total. The van der Waals surface area contributed by atoms with E-state index < -0.39 is 11.8 Å². The van der Waals surface area contributed by atoms with E-state index in [0.717, 1.165) is 56.5 Å². The molecule has 8 heteroatoms. The van der Waals surface area contributed by atoms with Crippen molar-refractivity contribution in [3.05, 3.63) is 70.8 Å². The molecule has 8 rings (SSSR count). The quantitative estimate of drug-likeness (QED) is 0.164. The highest BCUT2D eigenvalue weighted by Gasteiger charge is 2.45. The minimum Gasteiger partial charge on any atom is -0.395 e. The fraction of sp³-hybridized carbons (Fsp3) is 0.333. The van der Waals surface area contributed by atoms with Gasteiger partial charge in [0.2, 0.25) is 0 Å². The van der Waals surface area contributed by atoms with Gasteiger partial charge in [0.15, 0.2) is 0 Å². The van der Waals surface area contributed by atoms with Crippen molar-refractivity contribution in [2.75, 3.05) is 19.7 Å². The van der Waals surface area contributed by atoms with Gasteiger partial charge in [-0.15, -0.1) is 0 Å². The first-order valence-electron chi connectivity index (χ1n) is 15.2.